The normalized spacial score (nSPS) is 13.5. The van der Waals surface area contributed by atoms with Crippen LogP contribution >= 0.6 is 22.9 Å². The fourth-order valence-corrected chi connectivity index (χ4v) is 2.80. The van der Waals surface area contributed by atoms with E-state index >= 15 is 0 Å². The number of nitrogens with one attached hydrogen (secondary N) is 2. The Hall–Kier alpha value is -1.63. The number of aliphatic hydroxyl groups is 1. The third-order valence-corrected chi connectivity index (χ3v) is 4.46. The number of carbonyl (C=O) groups excluding carboxylic acids is 1. The molecule has 0 saturated carbocycles. The molecule has 0 spiro atoms. The van der Waals surface area contributed by atoms with Crippen molar-refractivity contribution >= 4 is 29.0 Å². The summed E-state index contributed by atoms with van der Waals surface area (Å²) >= 11 is 7.30. The first-order valence-electron chi connectivity index (χ1n) is 6.85. The minimum atomic E-state index is -0.777. The van der Waals surface area contributed by atoms with Gasteiger partial charge >= 0.3 is 6.03 Å². The maximum Gasteiger partial charge on any atom is 0.315 e. The summed E-state index contributed by atoms with van der Waals surface area (Å²) in [5.74, 6) is 0. The molecule has 22 heavy (non-hydrogen) atoms. The number of aryl methyl sites for hydroxylation is 1. The zero-order chi connectivity index (χ0) is 16.1. The van der Waals surface area contributed by atoms with Crippen LogP contribution in [0.3, 0.4) is 0 Å². The van der Waals surface area contributed by atoms with Crippen molar-refractivity contribution in [2.24, 2.45) is 0 Å². The average molecular weight is 340 g/mol. The minimum absolute atomic E-state index is 0.122. The van der Waals surface area contributed by atoms with E-state index in [1.165, 1.54) is 11.3 Å². The number of hydrogen-bond donors (Lipinski definition) is 3. The van der Waals surface area contributed by atoms with Crippen LogP contribution in [-0.2, 0) is 0 Å². The average Bonchev–Trinajstić information content (AvgIpc) is 2.92. The van der Waals surface area contributed by atoms with Crippen LogP contribution in [0.25, 0.3) is 0 Å². The molecule has 7 heteroatoms. The molecule has 0 saturated heterocycles. The van der Waals surface area contributed by atoms with Gasteiger partial charge in [0.1, 0.15) is 5.01 Å². The highest BCUT2D eigenvalue weighted by atomic mass is 35.5. The Labute approximate surface area is 138 Å². The Kier molecular flexibility index (Phi) is 5.76. The molecule has 2 aromatic rings. The van der Waals surface area contributed by atoms with Gasteiger partial charge in [0.05, 0.1) is 12.1 Å². The second-order valence-corrected chi connectivity index (χ2v) is 6.30. The van der Waals surface area contributed by atoms with E-state index in [1.54, 1.807) is 24.3 Å². The van der Waals surface area contributed by atoms with Gasteiger partial charge in [0.15, 0.2) is 0 Å². The first-order chi connectivity index (χ1) is 10.5. The summed E-state index contributed by atoms with van der Waals surface area (Å²) in [6.45, 7) is 3.90. The molecule has 1 heterocycles. The van der Waals surface area contributed by atoms with Crippen molar-refractivity contribution in [2.75, 3.05) is 6.54 Å². The van der Waals surface area contributed by atoms with Crippen LogP contribution in [-0.4, -0.2) is 22.7 Å². The minimum Gasteiger partial charge on any atom is -0.387 e. The molecule has 2 atom stereocenters. The van der Waals surface area contributed by atoms with Crippen molar-refractivity contribution in [3.8, 4) is 0 Å². The summed E-state index contributed by atoms with van der Waals surface area (Å²) < 4.78 is 0. The standard InChI is InChI=1S/C15H18ClN3O2S/c1-9-8-22-14(18-9)10(2)19-15(21)17-7-13(20)11-3-5-12(16)6-4-11/h3-6,8,10,13,20H,7H2,1-2H3,(H2,17,19,21)/t10-,13-/m1/s1. The molecule has 118 valence electrons. The van der Waals surface area contributed by atoms with Crippen molar-refractivity contribution in [2.45, 2.75) is 26.0 Å². The lowest BCUT2D eigenvalue weighted by Gasteiger charge is -2.15. The number of halogens is 1. The molecule has 1 aromatic heterocycles. The molecule has 2 amide bonds. The van der Waals surface area contributed by atoms with Crippen LogP contribution in [0.1, 0.15) is 35.3 Å². The van der Waals surface area contributed by atoms with Crippen LogP contribution in [0.4, 0.5) is 4.79 Å². The first kappa shape index (κ1) is 16.7. The fourth-order valence-electron chi connectivity index (χ4n) is 1.87. The summed E-state index contributed by atoms with van der Waals surface area (Å²) in [7, 11) is 0. The number of amides is 2. The molecule has 0 aliphatic heterocycles. The van der Waals surface area contributed by atoms with Gasteiger partial charge in [0.2, 0.25) is 0 Å². The molecule has 2 rings (SSSR count). The predicted molar refractivity (Wildman–Crippen MR) is 88.2 cm³/mol. The Morgan fingerprint density at radius 3 is 2.68 bits per heavy atom. The maximum absolute atomic E-state index is 11.8. The van der Waals surface area contributed by atoms with Gasteiger partial charge in [-0.15, -0.1) is 11.3 Å². The molecule has 3 N–H and O–H groups in total. The highest BCUT2D eigenvalue weighted by molar-refractivity contribution is 7.09. The van der Waals surface area contributed by atoms with E-state index in [2.05, 4.69) is 15.6 Å². The summed E-state index contributed by atoms with van der Waals surface area (Å²) in [5.41, 5.74) is 1.64. The van der Waals surface area contributed by atoms with Crippen LogP contribution in [0.2, 0.25) is 5.02 Å². The van der Waals surface area contributed by atoms with Gasteiger partial charge in [-0.2, -0.15) is 0 Å². The monoisotopic (exact) mass is 339 g/mol. The van der Waals surface area contributed by atoms with E-state index in [1.807, 2.05) is 19.2 Å². The van der Waals surface area contributed by atoms with Gasteiger partial charge in [-0.1, -0.05) is 23.7 Å². The predicted octanol–water partition coefficient (Wildman–Crippen LogP) is 3.20. The number of hydrogen-bond acceptors (Lipinski definition) is 4. The number of urea groups is 1. The Morgan fingerprint density at radius 1 is 1.41 bits per heavy atom. The highest BCUT2D eigenvalue weighted by Crippen LogP contribution is 2.18. The van der Waals surface area contributed by atoms with Crippen molar-refractivity contribution in [3.05, 3.63) is 50.9 Å². The van der Waals surface area contributed by atoms with Gasteiger partial charge in [-0.3, -0.25) is 0 Å². The Balaban J connectivity index is 1.81. The molecule has 0 fully saturated rings. The molecular weight excluding hydrogens is 322 g/mol. The number of rotatable bonds is 5. The lowest BCUT2D eigenvalue weighted by molar-refractivity contribution is 0.172. The van der Waals surface area contributed by atoms with E-state index in [9.17, 15) is 9.90 Å². The second-order valence-electron chi connectivity index (χ2n) is 4.97. The number of aromatic nitrogens is 1. The molecular formula is C15H18ClN3O2S. The van der Waals surface area contributed by atoms with E-state index in [4.69, 9.17) is 11.6 Å². The maximum atomic E-state index is 11.8. The van der Waals surface area contributed by atoms with Gasteiger partial charge in [0.25, 0.3) is 0 Å². The molecule has 0 aliphatic carbocycles. The van der Waals surface area contributed by atoms with E-state index in [0.717, 1.165) is 10.7 Å². The van der Waals surface area contributed by atoms with Crippen LogP contribution < -0.4 is 10.6 Å². The highest BCUT2D eigenvalue weighted by Gasteiger charge is 2.14. The zero-order valence-corrected chi connectivity index (χ0v) is 13.9. The van der Waals surface area contributed by atoms with Gasteiger partial charge in [0, 0.05) is 22.6 Å². The second kappa shape index (κ2) is 7.58. The molecule has 1 aromatic carbocycles. The summed E-state index contributed by atoms with van der Waals surface area (Å²) in [6, 6.07) is 6.35. The largest absolute Gasteiger partial charge is 0.387 e. The quantitative estimate of drug-likeness (QED) is 0.783. The molecule has 5 nitrogen and oxygen atoms in total. The van der Waals surface area contributed by atoms with Gasteiger partial charge in [-0.05, 0) is 31.5 Å². The SMILES string of the molecule is Cc1csc([C@@H](C)NC(=O)NC[C@@H](O)c2ccc(Cl)cc2)n1. The summed E-state index contributed by atoms with van der Waals surface area (Å²) in [5, 5.41) is 18.9. The van der Waals surface area contributed by atoms with Crippen molar-refractivity contribution in [3.63, 3.8) is 0 Å². The Morgan fingerprint density at radius 2 is 2.09 bits per heavy atom. The third kappa shape index (κ3) is 4.69. The third-order valence-electron chi connectivity index (χ3n) is 3.07. The summed E-state index contributed by atoms with van der Waals surface area (Å²) in [4.78, 5) is 16.2. The number of aliphatic hydroxyl groups excluding tert-OH is 1. The number of carbonyl (C=O) groups is 1. The number of benzene rings is 1. The molecule has 0 aliphatic rings. The van der Waals surface area contributed by atoms with Crippen LogP contribution in [0.5, 0.6) is 0 Å². The van der Waals surface area contributed by atoms with Crippen molar-refractivity contribution < 1.29 is 9.90 Å². The van der Waals surface area contributed by atoms with Gasteiger partial charge < -0.3 is 15.7 Å². The zero-order valence-electron chi connectivity index (χ0n) is 12.3. The molecule has 0 radical (unpaired) electrons. The molecule has 0 unspecified atom stereocenters. The lowest BCUT2D eigenvalue weighted by atomic mass is 10.1. The number of thiazole rings is 1. The first-order valence-corrected chi connectivity index (χ1v) is 8.11. The Bertz CT molecular complexity index is 630. The van der Waals surface area contributed by atoms with E-state index in [-0.39, 0.29) is 18.6 Å². The number of nitrogens with zero attached hydrogens (tertiary/aromatic N) is 1. The van der Waals surface area contributed by atoms with Crippen molar-refractivity contribution in [1.82, 2.24) is 15.6 Å². The fraction of sp³-hybridized carbons (Fsp3) is 0.333. The smallest absolute Gasteiger partial charge is 0.315 e. The van der Waals surface area contributed by atoms with E-state index < -0.39 is 6.10 Å². The van der Waals surface area contributed by atoms with Crippen LogP contribution in [0.15, 0.2) is 29.6 Å². The topological polar surface area (TPSA) is 74.2 Å². The van der Waals surface area contributed by atoms with Crippen molar-refractivity contribution in [1.29, 1.82) is 0 Å². The van der Waals surface area contributed by atoms with Crippen LogP contribution in [0, 0.1) is 6.92 Å². The lowest BCUT2D eigenvalue weighted by Crippen LogP contribution is -2.39. The van der Waals surface area contributed by atoms with Gasteiger partial charge in [-0.25, -0.2) is 9.78 Å². The van der Waals surface area contributed by atoms with E-state index in [0.29, 0.717) is 10.6 Å². The molecule has 0 bridgehead atoms. The summed E-state index contributed by atoms with van der Waals surface area (Å²) in [6.07, 6.45) is -0.777.